The molecule has 0 fully saturated rings. The molecule has 0 spiro atoms. The molecule has 8 heteroatoms. The van der Waals surface area contributed by atoms with Crippen molar-refractivity contribution >= 4 is 35.1 Å². The molecule has 0 saturated heterocycles. The molecule has 0 radical (unpaired) electrons. The molecule has 0 unspecified atom stereocenters. The molecule has 3 aromatic rings. The molecule has 0 amide bonds. The smallest absolute Gasteiger partial charge is 0.231 e. The highest BCUT2D eigenvalue weighted by Gasteiger charge is 2.28. The second-order valence-corrected chi connectivity index (χ2v) is 8.03. The predicted octanol–water partition coefficient (Wildman–Crippen LogP) is 6.19. The van der Waals surface area contributed by atoms with Gasteiger partial charge >= 0.3 is 0 Å². The Bertz CT molecular complexity index is 1250. The van der Waals surface area contributed by atoms with Crippen LogP contribution in [0.15, 0.2) is 54.3 Å². The largest absolute Gasteiger partial charge is 0.489 e. The molecule has 2 aliphatic rings. The lowest BCUT2D eigenvalue weighted by molar-refractivity contribution is -0.0175. The van der Waals surface area contributed by atoms with Gasteiger partial charge in [-0.15, -0.1) is 0 Å². The standard InChI is InChI=1S/C24H15Cl2FO5/c25-15-6-13-10-29-12-31-24(13)14(7-15)11-30-16-4-5-17-21(8-16)32-22(23(17)28)9-18-19(26)2-1-3-20(18)27/h1-9H,10-12H2/b22-9-. The number of allylic oxidation sites excluding steroid dienone is 1. The minimum atomic E-state index is -0.543. The number of carbonyl (C=O) groups is 1. The minimum absolute atomic E-state index is 0.0125. The van der Waals surface area contributed by atoms with Gasteiger partial charge < -0.3 is 18.9 Å². The fourth-order valence-corrected chi connectivity index (χ4v) is 4.04. The first-order valence-corrected chi connectivity index (χ1v) is 10.4. The lowest BCUT2D eigenvalue weighted by Gasteiger charge is -2.21. The van der Waals surface area contributed by atoms with E-state index >= 15 is 0 Å². The van der Waals surface area contributed by atoms with Gasteiger partial charge in [0.2, 0.25) is 5.78 Å². The maximum atomic E-state index is 14.1. The first-order valence-electron chi connectivity index (χ1n) is 9.66. The summed E-state index contributed by atoms with van der Waals surface area (Å²) in [6.45, 7) is 0.777. The Morgan fingerprint density at radius 3 is 2.84 bits per heavy atom. The van der Waals surface area contributed by atoms with E-state index in [1.807, 2.05) is 0 Å². The van der Waals surface area contributed by atoms with Gasteiger partial charge in [0.25, 0.3) is 0 Å². The van der Waals surface area contributed by atoms with Crippen molar-refractivity contribution in [3.05, 3.63) is 92.4 Å². The third-order valence-electron chi connectivity index (χ3n) is 5.06. The maximum absolute atomic E-state index is 14.1. The number of carbonyl (C=O) groups excluding carboxylic acids is 1. The Morgan fingerprint density at radius 2 is 2.00 bits per heavy atom. The summed E-state index contributed by atoms with van der Waals surface area (Å²) in [5, 5.41) is 0.743. The van der Waals surface area contributed by atoms with Gasteiger partial charge in [-0.05, 0) is 42.5 Å². The molecule has 162 valence electrons. The van der Waals surface area contributed by atoms with E-state index < -0.39 is 5.82 Å². The van der Waals surface area contributed by atoms with E-state index in [1.54, 1.807) is 36.4 Å². The van der Waals surface area contributed by atoms with E-state index in [-0.39, 0.29) is 35.5 Å². The highest BCUT2D eigenvalue weighted by molar-refractivity contribution is 6.32. The summed E-state index contributed by atoms with van der Waals surface area (Å²) in [4.78, 5) is 12.7. The Balaban J connectivity index is 1.37. The molecule has 5 nitrogen and oxygen atoms in total. The van der Waals surface area contributed by atoms with Crippen molar-refractivity contribution < 1.29 is 28.1 Å². The minimum Gasteiger partial charge on any atom is -0.489 e. The number of hydrogen-bond donors (Lipinski definition) is 0. The van der Waals surface area contributed by atoms with Crippen LogP contribution >= 0.6 is 23.2 Å². The van der Waals surface area contributed by atoms with Crippen LogP contribution in [0.1, 0.15) is 27.0 Å². The molecular formula is C24H15Cl2FO5. The first-order chi connectivity index (χ1) is 15.5. The highest BCUT2D eigenvalue weighted by atomic mass is 35.5. The molecule has 0 saturated carbocycles. The number of fused-ring (bicyclic) bond motifs is 2. The molecule has 3 aromatic carbocycles. The average molecular weight is 473 g/mol. The Kier molecular flexibility index (Phi) is 5.51. The third kappa shape index (κ3) is 3.93. The number of rotatable bonds is 4. The number of benzene rings is 3. The van der Waals surface area contributed by atoms with Gasteiger partial charge in [0, 0.05) is 27.8 Å². The summed E-state index contributed by atoms with van der Waals surface area (Å²) in [5.41, 5.74) is 2.09. The van der Waals surface area contributed by atoms with E-state index in [4.69, 9.17) is 42.1 Å². The van der Waals surface area contributed by atoms with Gasteiger partial charge in [-0.25, -0.2) is 4.39 Å². The highest BCUT2D eigenvalue weighted by Crippen LogP contribution is 2.37. The summed E-state index contributed by atoms with van der Waals surface area (Å²) in [5.74, 6) is 0.593. The van der Waals surface area contributed by atoms with E-state index in [0.29, 0.717) is 34.4 Å². The van der Waals surface area contributed by atoms with Crippen molar-refractivity contribution in [2.75, 3.05) is 6.79 Å². The number of halogens is 3. The normalized spacial score (nSPS) is 15.7. The summed E-state index contributed by atoms with van der Waals surface area (Å²) in [6.07, 6.45) is 1.30. The molecule has 0 bridgehead atoms. The van der Waals surface area contributed by atoms with Crippen molar-refractivity contribution in [3.8, 4) is 17.2 Å². The molecule has 0 N–H and O–H groups in total. The van der Waals surface area contributed by atoms with Gasteiger partial charge in [-0.2, -0.15) is 0 Å². The van der Waals surface area contributed by atoms with Crippen LogP contribution in [-0.2, 0) is 18.0 Å². The molecule has 2 heterocycles. The predicted molar refractivity (Wildman–Crippen MR) is 117 cm³/mol. The summed E-state index contributed by atoms with van der Waals surface area (Å²) >= 11 is 12.2. The monoisotopic (exact) mass is 472 g/mol. The van der Waals surface area contributed by atoms with E-state index in [0.717, 1.165) is 11.1 Å². The summed E-state index contributed by atoms with van der Waals surface area (Å²) in [6, 6.07) is 12.8. The zero-order valence-electron chi connectivity index (χ0n) is 16.5. The lowest BCUT2D eigenvalue weighted by atomic mass is 10.1. The van der Waals surface area contributed by atoms with Gasteiger partial charge in [-0.1, -0.05) is 29.3 Å². The van der Waals surface area contributed by atoms with Crippen LogP contribution in [-0.4, -0.2) is 12.6 Å². The van der Waals surface area contributed by atoms with Crippen LogP contribution in [0.3, 0.4) is 0 Å². The van der Waals surface area contributed by atoms with Crippen LogP contribution in [0.25, 0.3) is 6.08 Å². The fourth-order valence-electron chi connectivity index (χ4n) is 3.56. The van der Waals surface area contributed by atoms with Crippen LogP contribution in [0, 0.1) is 5.82 Å². The Labute approximate surface area is 192 Å². The molecular weight excluding hydrogens is 458 g/mol. The summed E-state index contributed by atoms with van der Waals surface area (Å²) < 4.78 is 36.6. The van der Waals surface area contributed by atoms with E-state index in [9.17, 15) is 9.18 Å². The number of hydrogen-bond acceptors (Lipinski definition) is 5. The van der Waals surface area contributed by atoms with Crippen LogP contribution < -0.4 is 14.2 Å². The molecule has 0 atom stereocenters. The van der Waals surface area contributed by atoms with Gasteiger partial charge in [-0.3, -0.25) is 4.79 Å². The van der Waals surface area contributed by atoms with Crippen molar-refractivity contribution in [1.82, 2.24) is 0 Å². The number of ketones is 1. The van der Waals surface area contributed by atoms with E-state index in [2.05, 4.69) is 0 Å². The van der Waals surface area contributed by atoms with Crippen molar-refractivity contribution in [2.45, 2.75) is 13.2 Å². The zero-order chi connectivity index (χ0) is 22.2. The van der Waals surface area contributed by atoms with Crippen molar-refractivity contribution in [1.29, 1.82) is 0 Å². The second kappa shape index (κ2) is 8.47. The average Bonchev–Trinajstić information content (AvgIpc) is 3.09. The third-order valence-corrected chi connectivity index (χ3v) is 5.61. The molecule has 2 aliphatic heterocycles. The van der Waals surface area contributed by atoms with Crippen molar-refractivity contribution in [2.24, 2.45) is 0 Å². The van der Waals surface area contributed by atoms with Crippen LogP contribution in [0.2, 0.25) is 10.0 Å². The number of Topliss-reactive ketones (excluding diaryl/α,β-unsaturated/α-hetero) is 1. The Morgan fingerprint density at radius 1 is 1.12 bits per heavy atom. The van der Waals surface area contributed by atoms with Crippen molar-refractivity contribution in [3.63, 3.8) is 0 Å². The second-order valence-electron chi connectivity index (χ2n) is 7.19. The van der Waals surface area contributed by atoms with Crippen LogP contribution in [0.4, 0.5) is 4.39 Å². The SMILES string of the molecule is O=C1/C(=C/c2c(F)cccc2Cl)Oc2cc(OCc3cc(Cl)cc4c3OCOC4)ccc21. The lowest BCUT2D eigenvalue weighted by Crippen LogP contribution is -2.14. The van der Waals surface area contributed by atoms with E-state index in [1.165, 1.54) is 18.2 Å². The zero-order valence-corrected chi connectivity index (χ0v) is 18.0. The molecule has 5 rings (SSSR count). The first kappa shape index (κ1) is 20.8. The molecule has 0 aromatic heterocycles. The maximum Gasteiger partial charge on any atom is 0.231 e. The van der Waals surface area contributed by atoms with Crippen LogP contribution in [0.5, 0.6) is 17.2 Å². The fraction of sp³-hybridized carbons (Fsp3) is 0.125. The Hall–Kier alpha value is -3.06. The van der Waals surface area contributed by atoms with Gasteiger partial charge in [0.15, 0.2) is 12.6 Å². The molecule has 0 aliphatic carbocycles. The van der Waals surface area contributed by atoms with Gasteiger partial charge in [0.05, 0.1) is 17.2 Å². The van der Waals surface area contributed by atoms with Gasteiger partial charge in [0.1, 0.15) is 29.7 Å². The topological polar surface area (TPSA) is 54.0 Å². The number of ether oxygens (including phenoxy) is 4. The molecule has 32 heavy (non-hydrogen) atoms. The quantitative estimate of drug-likeness (QED) is 0.423. The summed E-state index contributed by atoms with van der Waals surface area (Å²) in [7, 11) is 0.